The monoisotopic (exact) mass is 413 g/mol. The van der Waals surface area contributed by atoms with E-state index in [9.17, 15) is 0 Å². The van der Waals surface area contributed by atoms with Gasteiger partial charge in [0.15, 0.2) is 0 Å². The Morgan fingerprint density at radius 1 is 1.00 bits per heavy atom. The molecular formula is C19H25Cl2Zr. The standard InChI is InChI=1S/C19H25.2ClH.Zr/c1-12-8-9-18(15(4)14(12)3)17-10-16-7-5-6-13(2)19(16)11-17;;;/h5-7,10-12,14-15,18H,8-9H2,1-4H3;2*1H;/q-1;;;+3/p-2. The van der Waals surface area contributed by atoms with Crippen LogP contribution in [0.3, 0.4) is 0 Å². The number of halogens is 2. The summed E-state index contributed by atoms with van der Waals surface area (Å²) >= 11 is 0. The van der Waals surface area contributed by atoms with Crippen molar-refractivity contribution in [3.05, 3.63) is 41.5 Å². The fraction of sp³-hybridized carbons (Fsp3) is 0.526. The van der Waals surface area contributed by atoms with Crippen molar-refractivity contribution in [2.75, 3.05) is 0 Å². The zero-order valence-corrected chi connectivity index (χ0v) is 17.8. The Balaban J connectivity index is 0.00000147. The quantitative estimate of drug-likeness (QED) is 0.559. The summed E-state index contributed by atoms with van der Waals surface area (Å²) in [6.45, 7) is 9.54. The summed E-state index contributed by atoms with van der Waals surface area (Å²) in [7, 11) is 0. The molecule has 0 bridgehead atoms. The Kier molecular flexibility index (Phi) is 9.07. The van der Waals surface area contributed by atoms with Crippen molar-refractivity contribution in [3.63, 3.8) is 0 Å². The molecule has 2 aromatic rings. The van der Waals surface area contributed by atoms with Crippen LogP contribution < -0.4 is 24.8 Å². The van der Waals surface area contributed by atoms with E-state index < -0.39 is 0 Å². The molecule has 0 aliphatic heterocycles. The summed E-state index contributed by atoms with van der Waals surface area (Å²) < 4.78 is 0. The van der Waals surface area contributed by atoms with Crippen LogP contribution in [0.2, 0.25) is 0 Å². The minimum Gasteiger partial charge on any atom is -1.00 e. The van der Waals surface area contributed by atoms with E-state index in [0.717, 1.165) is 23.7 Å². The first-order chi connectivity index (χ1) is 9.08. The van der Waals surface area contributed by atoms with Crippen LogP contribution in [0.1, 0.15) is 50.7 Å². The normalized spacial score (nSPS) is 27.5. The van der Waals surface area contributed by atoms with Crippen molar-refractivity contribution in [2.24, 2.45) is 17.8 Å². The molecule has 119 valence electrons. The first kappa shape index (κ1) is 22.3. The molecule has 3 rings (SSSR count). The second-order valence-corrected chi connectivity index (χ2v) is 6.75. The molecule has 4 unspecified atom stereocenters. The molecule has 3 heteroatoms. The molecule has 0 spiro atoms. The third-order valence-electron chi connectivity index (χ3n) is 5.71. The van der Waals surface area contributed by atoms with Crippen LogP contribution in [0.4, 0.5) is 0 Å². The smallest absolute Gasteiger partial charge is 1.00 e. The van der Waals surface area contributed by atoms with Crippen molar-refractivity contribution >= 4 is 10.8 Å². The molecule has 0 saturated heterocycles. The van der Waals surface area contributed by atoms with Crippen LogP contribution in [0.15, 0.2) is 30.3 Å². The van der Waals surface area contributed by atoms with E-state index in [0.29, 0.717) is 0 Å². The predicted molar refractivity (Wildman–Crippen MR) is 83.7 cm³/mol. The van der Waals surface area contributed by atoms with Crippen LogP contribution in [-0.2, 0) is 26.2 Å². The van der Waals surface area contributed by atoms with Crippen LogP contribution in [0.5, 0.6) is 0 Å². The molecule has 1 aliphatic carbocycles. The summed E-state index contributed by atoms with van der Waals surface area (Å²) in [6, 6.07) is 11.5. The fourth-order valence-corrected chi connectivity index (χ4v) is 3.95. The van der Waals surface area contributed by atoms with E-state index >= 15 is 0 Å². The molecule has 1 radical (unpaired) electrons. The maximum absolute atomic E-state index is 2.45. The van der Waals surface area contributed by atoms with Crippen LogP contribution >= 0.6 is 0 Å². The maximum atomic E-state index is 2.45. The molecule has 22 heavy (non-hydrogen) atoms. The van der Waals surface area contributed by atoms with Crippen LogP contribution in [-0.4, -0.2) is 0 Å². The third kappa shape index (κ3) is 4.03. The number of fused-ring (bicyclic) bond motifs is 1. The second kappa shape index (κ2) is 8.95. The topological polar surface area (TPSA) is 0 Å². The Morgan fingerprint density at radius 3 is 2.32 bits per heavy atom. The summed E-state index contributed by atoms with van der Waals surface area (Å²) in [5, 5.41) is 2.88. The predicted octanol–water partition coefficient (Wildman–Crippen LogP) is -0.342. The third-order valence-corrected chi connectivity index (χ3v) is 5.71. The van der Waals surface area contributed by atoms with Gasteiger partial charge >= 0.3 is 26.2 Å². The molecule has 2 aromatic carbocycles. The van der Waals surface area contributed by atoms with E-state index in [1.54, 1.807) is 5.56 Å². The van der Waals surface area contributed by atoms with E-state index in [-0.39, 0.29) is 51.0 Å². The minimum atomic E-state index is 0. The number of rotatable bonds is 1. The first-order valence-corrected chi connectivity index (χ1v) is 7.74. The molecule has 4 atom stereocenters. The van der Waals surface area contributed by atoms with Gasteiger partial charge in [0, 0.05) is 0 Å². The molecule has 1 saturated carbocycles. The maximum Gasteiger partial charge on any atom is 3.00 e. The average Bonchev–Trinajstić information content (AvgIpc) is 2.81. The van der Waals surface area contributed by atoms with Gasteiger partial charge in [0.2, 0.25) is 0 Å². The van der Waals surface area contributed by atoms with Gasteiger partial charge in [-0.2, -0.15) is 6.07 Å². The van der Waals surface area contributed by atoms with Crippen LogP contribution in [0, 0.1) is 24.7 Å². The summed E-state index contributed by atoms with van der Waals surface area (Å²) in [4.78, 5) is 0. The van der Waals surface area contributed by atoms with E-state index in [1.807, 2.05) is 0 Å². The first-order valence-electron chi connectivity index (χ1n) is 7.74. The molecule has 0 heterocycles. The average molecular weight is 416 g/mol. The van der Waals surface area contributed by atoms with E-state index in [2.05, 4.69) is 58.0 Å². The van der Waals surface area contributed by atoms with Gasteiger partial charge in [0.05, 0.1) is 0 Å². The molecule has 0 nitrogen and oxygen atoms in total. The van der Waals surface area contributed by atoms with Crippen molar-refractivity contribution in [1.82, 2.24) is 0 Å². The van der Waals surface area contributed by atoms with E-state index in [4.69, 9.17) is 0 Å². The van der Waals surface area contributed by atoms with Crippen molar-refractivity contribution < 1.29 is 51.0 Å². The zero-order chi connectivity index (χ0) is 13.6. The molecule has 0 aromatic heterocycles. The SMILES string of the molecule is Cc1cccc2cc(C3CCC(C)C(C)C3C)[cH-]c12.[Cl-].[Cl-].[Zr+3]. The summed E-state index contributed by atoms with van der Waals surface area (Å²) in [5.41, 5.74) is 2.99. The van der Waals surface area contributed by atoms with Gasteiger partial charge in [0.25, 0.3) is 0 Å². The van der Waals surface area contributed by atoms with Crippen molar-refractivity contribution in [1.29, 1.82) is 0 Å². The molecule has 1 aliphatic rings. The number of hydrogen-bond donors (Lipinski definition) is 0. The van der Waals surface area contributed by atoms with Crippen LogP contribution in [0.25, 0.3) is 10.8 Å². The molecule has 0 N–H and O–H groups in total. The van der Waals surface area contributed by atoms with Gasteiger partial charge in [-0.15, -0.1) is 40.1 Å². The Hall–Kier alpha value is 0.293. The Morgan fingerprint density at radius 2 is 1.68 bits per heavy atom. The number of hydrogen-bond acceptors (Lipinski definition) is 0. The van der Waals surface area contributed by atoms with Gasteiger partial charge in [-0.3, -0.25) is 0 Å². The number of aryl methyl sites for hydroxylation is 1. The Bertz CT molecular complexity index is 590. The second-order valence-electron chi connectivity index (χ2n) is 6.75. The minimum absolute atomic E-state index is 0. The number of benzene rings is 1. The summed E-state index contributed by atoms with van der Waals surface area (Å²) in [6.07, 6.45) is 2.75. The molecule has 0 amide bonds. The zero-order valence-electron chi connectivity index (χ0n) is 13.9. The van der Waals surface area contributed by atoms with Crippen molar-refractivity contribution in [3.8, 4) is 0 Å². The fourth-order valence-electron chi connectivity index (χ4n) is 3.95. The van der Waals surface area contributed by atoms with Gasteiger partial charge < -0.3 is 24.8 Å². The summed E-state index contributed by atoms with van der Waals surface area (Å²) in [5.74, 6) is 3.30. The van der Waals surface area contributed by atoms with Gasteiger partial charge in [-0.05, 0) is 36.5 Å². The van der Waals surface area contributed by atoms with E-state index in [1.165, 1.54) is 29.2 Å². The van der Waals surface area contributed by atoms with Gasteiger partial charge in [-0.25, -0.2) is 0 Å². The largest absolute Gasteiger partial charge is 3.00 e. The van der Waals surface area contributed by atoms with Gasteiger partial charge in [-0.1, -0.05) is 33.8 Å². The van der Waals surface area contributed by atoms with Gasteiger partial charge in [0.1, 0.15) is 0 Å². The van der Waals surface area contributed by atoms with Crippen molar-refractivity contribution in [2.45, 2.75) is 46.5 Å². The molecule has 1 fully saturated rings. The Labute approximate surface area is 166 Å². The molecular weight excluding hydrogens is 390 g/mol.